The summed E-state index contributed by atoms with van der Waals surface area (Å²) >= 11 is 3.42. The monoisotopic (exact) mass is 494 g/mol. The predicted molar refractivity (Wildman–Crippen MR) is 123 cm³/mol. The van der Waals surface area contributed by atoms with E-state index in [9.17, 15) is 9.59 Å². The number of hydrogen-bond acceptors (Lipinski definition) is 6. The Kier molecular flexibility index (Phi) is 6.01. The van der Waals surface area contributed by atoms with Crippen molar-refractivity contribution in [2.24, 2.45) is 0 Å². The lowest BCUT2D eigenvalue weighted by molar-refractivity contribution is 0.0733. The van der Waals surface area contributed by atoms with Crippen LogP contribution >= 0.6 is 15.9 Å². The minimum Gasteiger partial charge on any atom is -0.497 e. The first-order valence-electron chi connectivity index (χ1n) is 9.69. The molecule has 1 aliphatic heterocycles. The van der Waals surface area contributed by atoms with Gasteiger partial charge in [0.2, 0.25) is 5.78 Å². The molecule has 0 bridgehead atoms. The van der Waals surface area contributed by atoms with Gasteiger partial charge in [0.15, 0.2) is 5.76 Å². The number of Topliss-reactive ketones (excluding diaryl/α,β-unsaturated/α-hetero) is 1. The molecule has 0 spiro atoms. The molecular formula is C25H19BrO6. The lowest BCUT2D eigenvalue weighted by Gasteiger charge is -2.10. The molecule has 0 N–H and O–H groups in total. The zero-order valence-electron chi connectivity index (χ0n) is 17.6. The van der Waals surface area contributed by atoms with E-state index in [1.54, 1.807) is 69.7 Å². The molecule has 3 aromatic rings. The fourth-order valence-corrected chi connectivity index (χ4v) is 3.70. The van der Waals surface area contributed by atoms with Gasteiger partial charge in [0.1, 0.15) is 23.0 Å². The van der Waals surface area contributed by atoms with Crippen LogP contribution in [-0.2, 0) is 0 Å². The second-order valence-electron chi connectivity index (χ2n) is 7.01. The third kappa shape index (κ3) is 4.11. The Balaban J connectivity index is 1.61. The van der Waals surface area contributed by atoms with E-state index in [4.69, 9.17) is 18.9 Å². The number of halogens is 1. The van der Waals surface area contributed by atoms with Crippen molar-refractivity contribution in [3.8, 4) is 23.0 Å². The first-order chi connectivity index (χ1) is 15.4. The Labute approximate surface area is 193 Å². The largest absolute Gasteiger partial charge is 0.497 e. The molecule has 0 fully saturated rings. The Hall–Kier alpha value is -3.58. The first kappa shape index (κ1) is 21.6. The number of carbonyl (C=O) groups excluding carboxylic acids is 2. The predicted octanol–water partition coefficient (Wildman–Crippen LogP) is 5.61. The second kappa shape index (κ2) is 8.88. The summed E-state index contributed by atoms with van der Waals surface area (Å²) in [6.45, 7) is 1.74. The van der Waals surface area contributed by atoms with E-state index >= 15 is 0 Å². The quantitative estimate of drug-likeness (QED) is 0.260. The van der Waals surface area contributed by atoms with Gasteiger partial charge in [-0.2, -0.15) is 0 Å². The van der Waals surface area contributed by atoms with Gasteiger partial charge in [-0.1, -0.05) is 15.9 Å². The Morgan fingerprint density at radius 3 is 2.38 bits per heavy atom. The van der Waals surface area contributed by atoms with Gasteiger partial charge in [-0.05, 0) is 67.6 Å². The first-order valence-corrected chi connectivity index (χ1v) is 10.5. The summed E-state index contributed by atoms with van der Waals surface area (Å²) in [6, 6.07) is 15.3. The van der Waals surface area contributed by atoms with Crippen LogP contribution in [0.15, 0.2) is 64.8 Å². The molecule has 0 aromatic heterocycles. The van der Waals surface area contributed by atoms with Crippen molar-refractivity contribution in [1.82, 2.24) is 0 Å². The van der Waals surface area contributed by atoms with Crippen molar-refractivity contribution in [3.63, 3.8) is 0 Å². The summed E-state index contributed by atoms with van der Waals surface area (Å²) in [7, 11) is 3.11. The molecule has 0 amide bonds. The van der Waals surface area contributed by atoms with E-state index in [2.05, 4.69) is 15.9 Å². The smallest absolute Gasteiger partial charge is 0.343 e. The molecule has 4 rings (SSSR count). The Morgan fingerprint density at radius 1 is 0.969 bits per heavy atom. The molecule has 1 heterocycles. The van der Waals surface area contributed by atoms with Gasteiger partial charge < -0.3 is 18.9 Å². The maximum Gasteiger partial charge on any atom is 0.343 e. The minimum atomic E-state index is -0.519. The van der Waals surface area contributed by atoms with E-state index in [0.717, 1.165) is 4.47 Å². The number of ether oxygens (including phenoxy) is 4. The van der Waals surface area contributed by atoms with Crippen molar-refractivity contribution in [2.75, 3.05) is 14.2 Å². The van der Waals surface area contributed by atoms with Gasteiger partial charge >= 0.3 is 5.97 Å². The fraction of sp³-hybridized carbons (Fsp3) is 0.120. The van der Waals surface area contributed by atoms with E-state index in [-0.39, 0.29) is 11.5 Å². The number of fused-ring (bicyclic) bond motifs is 1. The Morgan fingerprint density at radius 2 is 1.69 bits per heavy atom. The third-order valence-electron chi connectivity index (χ3n) is 5.04. The molecule has 0 saturated carbocycles. The topological polar surface area (TPSA) is 71.1 Å². The molecule has 32 heavy (non-hydrogen) atoms. The lowest BCUT2D eigenvalue weighted by Crippen LogP contribution is -2.09. The highest BCUT2D eigenvalue weighted by molar-refractivity contribution is 9.10. The minimum absolute atomic E-state index is 0.165. The zero-order valence-corrected chi connectivity index (χ0v) is 19.2. The number of methoxy groups -OCH3 is 2. The fourth-order valence-electron chi connectivity index (χ4n) is 3.32. The van der Waals surface area contributed by atoms with Gasteiger partial charge in [0, 0.05) is 15.6 Å². The van der Waals surface area contributed by atoms with E-state index in [1.165, 1.54) is 0 Å². The van der Waals surface area contributed by atoms with Gasteiger partial charge in [-0.25, -0.2) is 4.79 Å². The summed E-state index contributed by atoms with van der Waals surface area (Å²) < 4.78 is 22.8. The molecule has 7 heteroatoms. The second-order valence-corrected chi connectivity index (χ2v) is 7.93. The number of rotatable bonds is 5. The molecule has 0 aliphatic carbocycles. The summed E-state index contributed by atoms with van der Waals surface area (Å²) in [5, 5.41) is 0. The van der Waals surface area contributed by atoms with Crippen molar-refractivity contribution >= 4 is 33.8 Å². The molecule has 0 unspecified atom stereocenters. The van der Waals surface area contributed by atoms with Crippen LogP contribution < -0.4 is 18.9 Å². The maximum atomic E-state index is 12.9. The lowest BCUT2D eigenvalue weighted by atomic mass is 10.1. The highest BCUT2D eigenvalue weighted by Crippen LogP contribution is 2.40. The maximum absolute atomic E-state index is 12.9. The average Bonchev–Trinajstić information content (AvgIpc) is 3.12. The number of hydrogen-bond donors (Lipinski definition) is 0. The van der Waals surface area contributed by atoms with Crippen molar-refractivity contribution in [1.29, 1.82) is 0 Å². The zero-order chi connectivity index (χ0) is 22.8. The number of esters is 1. The third-order valence-corrected chi connectivity index (χ3v) is 5.54. The van der Waals surface area contributed by atoms with Crippen LogP contribution in [0.25, 0.3) is 6.08 Å². The van der Waals surface area contributed by atoms with Crippen LogP contribution in [0.1, 0.15) is 31.8 Å². The van der Waals surface area contributed by atoms with Gasteiger partial charge in [0.05, 0.1) is 25.3 Å². The van der Waals surface area contributed by atoms with Crippen molar-refractivity contribution in [2.45, 2.75) is 6.92 Å². The molecule has 0 radical (unpaired) electrons. The van der Waals surface area contributed by atoms with Gasteiger partial charge in [-0.15, -0.1) is 0 Å². The summed E-state index contributed by atoms with van der Waals surface area (Å²) in [4.78, 5) is 25.4. The standard InChI is InChI=1S/C25H19BrO6/c1-14-20(32-25(28)15-4-7-18(29-2)8-5-15)11-9-19-23(27)22(31-24(14)19)13-16-12-17(26)6-10-21(16)30-3/h4-13H,1-3H3/b22-13-. The summed E-state index contributed by atoms with van der Waals surface area (Å²) in [6.07, 6.45) is 1.63. The molecule has 162 valence electrons. The molecule has 0 saturated heterocycles. The van der Waals surface area contributed by atoms with E-state index < -0.39 is 5.97 Å². The van der Waals surface area contributed by atoms with Crippen LogP contribution in [0.2, 0.25) is 0 Å². The van der Waals surface area contributed by atoms with Gasteiger partial charge in [0.25, 0.3) is 0 Å². The van der Waals surface area contributed by atoms with Crippen molar-refractivity contribution in [3.05, 3.63) is 87.1 Å². The molecule has 0 atom stereocenters. The summed E-state index contributed by atoms with van der Waals surface area (Å²) in [5.74, 6) is 1.34. The summed E-state index contributed by atoms with van der Waals surface area (Å²) in [5.41, 5.74) is 2.04. The van der Waals surface area contributed by atoms with Crippen LogP contribution in [0.5, 0.6) is 23.0 Å². The number of benzene rings is 3. The Bertz CT molecular complexity index is 1240. The number of ketones is 1. The molecule has 3 aromatic carbocycles. The van der Waals surface area contributed by atoms with E-state index in [0.29, 0.717) is 45.3 Å². The van der Waals surface area contributed by atoms with Crippen LogP contribution in [0.4, 0.5) is 0 Å². The van der Waals surface area contributed by atoms with Gasteiger partial charge in [-0.3, -0.25) is 4.79 Å². The van der Waals surface area contributed by atoms with Crippen LogP contribution in [0, 0.1) is 6.92 Å². The molecule has 1 aliphatic rings. The van der Waals surface area contributed by atoms with Crippen molar-refractivity contribution < 1.29 is 28.5 Å². The highest BCUT2D eigenvalue weighted by Gasteiger charge is 2.31. The van der Waals surface area contributed by atoms with Crippen LogP contribution in [-0.4, -0.2) is 26.0 Å². The normalized spacial score (nSPS) is 13.5. The molecule has 6 nitrogen and oxygen atoms in total. The molecular weight excluding hydrogens is 476 g/mol. The SMILES string of the molecule is COc1ccc(C(=O)Oc2ccc3c(c2C)O/C(=C\c2cc(Br)ccc2OC)C3=O)cc1. The van der Waals surface area contributed by atoms with Crippen LogP contribution in [0.3, 0.4) is 0 Å². The van der Waals surface area contributed by atoms with E-state index in [1.807, 2.05) is 12.1 Å². The average molecular weight is 495 g/mol. The highest BCUT2D eigenvalue weighted by atomic mass is 79.9. The number of carbonyl (C=O) groups is 2. The number of allylic oxidation sites excluding steroid dienone is 1.